The van der Waals surface area contributed by atoms with Gasteiger partial charge in [0.2, 0.25) is 0 Å². The summed E-state index contributed by atoms with van der Waals surface area (Å²) in [4.78, 5) is 0. The molecule has 0 aromatic rings. The predicted octanol–water partition coefficient (Wildman–Crippen LogP) is 0.493. The number of nitrogens with one attached hydrogen (secondary N) is 2. The fraction of sp³-hybridized carbons (Fsp3) is 0.500. The van der Waals surface area contributed by atoms with Gasteiger partial charge in [0.25, 0.3) is 0 Å². The van der Waals surface area contributed by atoms with Crippen LogP contribution >= 0.6 is 0 Å². The summed E-state index contributed by atoms with van der Waals surface area (Å²) in [6, 6.07) is 0.402. The van der Waals surface area contributed by atoms with Gasteiger partial charge < -0.3 is 5.32 Å². The van der Waals surface area contributed by atoms with Crippen LogP contribution in [-0.4, -0.2) is 19.3 Å². The summed E-state index contributed by atoms with van der Waals surface area (Å²) in [6.07, 6.45) is 3.90. The van der Waals surface area contributed by atoms with Crippen molar-refractivity contribution in [1.29, 1.82) is 0 Å². The number of hydrogen-bond acceptors (Lipinski definition) is 2. The Morgan fingerprint density at radius 2 is 2.10 bits per heavy atom. The molecule has 1 fully saturated rings. The fourth-order valence-electron chi connectivity index (χ4n) is 1.20. The maximum atomic E-state index is 3.75. The third-order valence-corrected chi connectivity index (χ3v) is 1.86. The molecule has 2 unspecified atom stereocenters. The zero-order valence-electron chi connectivity index (χ0n) is 6.14. The van der Waals surface area contributed by atoms with Crippen LogP contribution in [0.2, 0.25) is 0 Å². The van der Waals surface area contributed by atoms with E-state index in [0.717, 1.165) is 13.2 Å². The van der Waals surface area contributed by atoms with Gasteiger partial charge in [0, 0.05) is 25.2 Å². The molecule has 10 heavy (non-hydrogen) atoms. The Labute approximate surface area is 62.0 Å². The molecule has 0 aliphatic carbocycles. The highest BCUT2D eigenvalue weighted by molar-refractivity contribution is 5.00. The highest BCUT2D eigenvalue weighted by Gasteiger charge is 2.17. The topological polar surface area (TPSA) is 24.1 Å². The third kappa shape index (κ3) is 1.46. The highest BCUT2D eigenvalue weighted by atomic mass is 15.1. The molecule has 1 heterocycles. The van der Waals surface area contributed by atoms with Crippen LogP contribution in [0.3, 0.4) is 0 Å². The predicted molar refractivity (Wildman–Crippen MR) is 43.7 cm³/mol. The summed E-state index contributed by atoms with van der Waals surface area (Å²) in [6.45, 7) is 9.38. The van der Waals surface area contributed by atoms with Gasteiger partial charge in [0.15, 0.2) is 0 Å². The van der Waals surface area contributed by atoms with Crippen LogP contribution in [0.25, 0.3) is 0 Å². The standard InChI is InChI=1S/C8H14N2/c1-3-7-5-9-6-10-8(7)4-2/h3-4,7-10H,1-2,5-6H2. The van der Waals surface area contributed by atoms with E-state index in [-0.39, 0.29) is 0 Å². The normalized spacial score (nSPS) is 33.2. The van der Waals surface area contributed by atoms with Crippen molar-refractivity contribution < 1.29 is 0 Å². The van der Waals surface area contributed by atoms with Gasteiger partial charge in [0.05, 0.1) is 0 Å². The van der Waals surface area contributed by atoms with E-state index in [9.17, 15) is 0 Å². The Morgan fingerprint density at radius 1 is 1.30 bits per heavy atom. The van der Waals surface area contributed by atoms with Crippen LogP contribution in [0.5, 0.6) is 0 Å². The first-order valence-electron chi connectivity index (χ1n) is 3.57. The minimum absolute atomic E-state index is 0.402. The molecule has 0 saturated carbocycles. The summed E-state index contributed by atoms with van der Waals surface area (Å²) in [5, 5.41) is 6.49. The van der Waals surface area contributed by atoms with Crippen LogP contribution in [0.1, 0.15) is 0 Å². The average molecular weight is 138 g/mol. The molecule has 2 heteroatoms. The second-order valence-corrected chi connectivity index (χ2v) is 2.50. The van der Waals surface area contributed by atoms with Gasteiger partial charge in [-0.2, -0.15) is 0 Å². The average Bonchev–Trinajstić information content (AvgIpc) is 2.04. The zero-order valence-corrected chi connectivity index (χ0v) is 6.14. The molecule has 1 rings (SSSR count). The van der Waals surface area contributed by atoms with Crippen molar-refractivity contribution >= 4 is 0 Å². The maximum Gasteiger partial charge on any atom is 0.0459 e. The van der Waals surface area contributed by atoms with Gasteiger partial charge in [-0.15, -0.1) is 13.2 Å². The lowest BCUT2D eigenvalue weighted by molar-refractivity contribution is 0.368. The molecule has 0 aromatic carbocycles. The van der Waals surface area contributed by atoms with Crippen molar-refractivity contribution in [3.63, 3.8) is 0 Å². The minimum Gasteiger partial charge on any atom is -0.304 e. The molecule has 2 atom stereocenters. The van der Waals surface area contributed by atoms with Crippen LogP contribution in [0.15, 0.2) is 25.3 Å². The molecule has 0 spiro atoms. The fourth-order valence-corrected chi connectivity index (χ4v) is 1.20. The Balaban J connectivity index is 2.49. The van der Waals surface area contributed by atoms with E-state index in [1.54, 1.807) is 0 Å². The summed E-state index contributed by atoms with van der Waals surface area (Å²) in [5.74, 6) is 0.492. The van der Waals surface area contributed by atoms with Crippen molar-refractivity contribution in [1.82, 2.24) is 10.6 Å². The van der Waals surface area contributed by atoms with Crippen LogP contribution in [-0.2, 0) is 0 Å². The largest absolute Gasteiger partial charge is 0.304 e. The number of hydrogen-bond donors (Lipinski definition) is 2. The Hall–Kier alpha value is -0.600. The molecule has 2 nitrogen and oxygen atoms in total. The van der Waals surface area contributed by atoms with E-state index < -0.39 is 0 Å². The lowest BCUT2D eigenvalue weighted by Crippen LogP contribution is -2.49. The first-order chi connectivity index (χ1) is 4.88. The molecule has 1 aliphatic heterocycles. The SMILES string of the molecule is C=CC1CNCNC1C=C. The second kappa shape index (κ2) is 3.54. The molecule has 1 aliphatic rings. The summed E-state index contributed by atoms with van der Waals surface area (Å²) in [5.41, 5.74) is 0. The molecule has 0 amide bonds. The second-order valence-electron chi connectivity index (χ2n) is 2.50. The first kappa shape index (κ1) is 7.51. The first-order valence-corrected chi connectivity index (χ1v) is 3.57. The smallest absolute Gasteiger partial charge is 0.0459 e. The van der Waals surface area contributed by atoms with Gasteiger partial charge in [-0.05, 0) is 0 Å². The van der Waals surface area contributed by atoms with E-state index in [2.05, 4.69) is 23.8 Å². The minimum atomic E-state index is 0.402. The van der Waals surface area contributed by atoms with E-state index in [4.69, 9.17) is 0 Å². The van der Waals surface area contributed by atoms with E-state index in [1.807, 2.05) is 12.2 Å². The maximum absolute atomic E-state index is 3.75. The monoisotopic (exact) mass is 138 g/mol. The Morgan fingerprint density at radius 3 is 2.60 bits per heavy atom. The molecule has 0 bridgehead atoms. The van der Waals surface area contributed by atoms with Crippen LogP contribution in [0, 0.1) is 5.92 Å². The molecule has 56 valence electrons. The molecule has 0 aromatic heterocycles. The summed E-state index contributed by atoms with van der Waals surface area (Å²) < 4.78 is 0. The zero-order chi connectivity index (χ0) is 7.40. The van der Waals surface area contributed by atoms with Crippen molar-refractivity contribution in [3.8, 4) is 0 Å². The van der Waals surface area contributed by atoms with Gasteiger partial charge in [-0.25, -0.2) is 0 Å². The molecular weight excluding hydrogens is 124 g/mol. The Bertz CT molecular complexity index is 115. The lowest BCUT2D eigenvalue weighted by Gasteiger charge is -2.28. The van der Waals surface area contributed by atoms with Crippen molar-refractivity contribution in [2.24, 2.45) is 5.92 Å². The molecular formula is C8H14N2. The summed E-state index contributed by atoms with van der Waals surface area (Å²) in [7, 11) is 0. The highest BCUT2D eigenvalue weighted by Crippen LogP contribution is 2.07. The van der Waals surface area contributed by atoms with Crippen LogP contribution in [0.4, 0.5) is 0 Å². The lowest BCUT2D eigenvalue weighted by atomic mass is 9.98. The van der Waals surface area contributed by atoms with E-state index in [0.29, 0.717) is 12.0 Å². The van der Waals surface area contributed by atoms with E-state index >= 15 is 0 Å². The summed E-state index contributed by atoms with van der Waals surface area (Å²) >= 11 is 0. The van der Waals surface area contributed by atoms with Crippen LogP contribution < -0.4 is 10.6 Å². The number of rotatable bonds is 2. The van der Waals surface area contributed by atoms with Gasteiger partial charge in [0.1, 0.15) is 0 Å². The van der Waals surface area contributed by atoms with Crippen molar-refractivity contribution in [2.45, 2.75) is 6.04 Å². The van der Waals surface area contributed by atoms with Gasteiger partial charge in [-0.3, -0.25) is 5.32 Å². The Kier molecular flexibility index (Phi) is 2.66. The van der Waals surface area contributed by atoms with E-state index in [1.165, 1.54) is 0 Å². The van der Waals surface area contributed by atoms with Crippen molar-refractivity contribution in [2.75, 3.05) is 13.2 Å². The van der Waals surface area contributed by atoms with Gasteiger partial charge in [-0.1, -0.05) is 12.2 Å². The molecule has 1 saturated heterocycles. The third-order valence-electron chi connectivity index (χ3n) is 1.86. The van der Waals surface area contributed by atoms with Crippen molar-refractivity contribution in [3.05, 3.63) is 25.3 Å². The molecule has 2 N–H and O–H groups in total. The quantitative estimate of drug-likeness (QED) is 0.543. The van der Waals surface area contributed by atoms with Gasteiger partial charge >= 0.3 is 0 Å². The molecule has 0 radical (unpaired) electrons.